The molecule has 1 heterocycles. The molecule has 0 aliphatic heterocycles. The molecule has 0 aromatic carbocycles. The summed E-state index contributed by atoms with van der Waals surface area (Å²) in [7, 11) is 0. The van der Waals surface area contributed by atoms with Crippen molar-refractivity contribution < 1.29 is 0 Å². The molecule has 1 aromatic heterocycles. The molecule has 2 rings (SSSR count). The summed E-state index contributed by atoms with van der Waals surface area (Å²) in [6, 6.07) is 0.331. The van der Waals surface area contributed by atoms with Crippen LogP contribution in [0, 0.1) is 5.92 Å². The fraction of sp³-hybridized carbons (Fsp3) is 0.846. The van der Waals surface area contributed by atoms with Crippen LogP contribution in [0.25, 0.3) is 0 Å². The molecular formula is C13H25N5. The first-order chi connectivity index (χ1) is 8.85. The van der Waals surface area contributed by atoms with E-state index in [2.05, 4.69) is 22.4 Å². The van der Waals surface area contributed by atoms with Crippen LogP contribution >= 0.6 is 0 Å². The lowest BCUT2D eigenvalue weighted by atomic mass is 9.90. The molecule has 0 spiro atoms. The molecule has 0 radical (unpaired) electrons. The molecule has 1 atom stereocenters. The van der Waals surface area contributed by atoms with E-state index >= 15 is 0 Å². The number of aryl methyl sites for hydroxylation is 1. The summed E-state index contributed by atoms with van der Waals surface area (Å²) in [6.45, 7) is 2.96. The molecule has 1 aromatic rings. The first-order valence-corrected chi connectivity index (χ1v) is 7.18. The van der Waals surface area contributed by atoms with Crippen LogP contribution < -0.4 is 11.3 Å². The average molecular weight is 251 g/mol. The Morgan fingerprint density at radius 1 is 1.39 bits per heavy atom. The van der Waals surface area contributed by atoms with Gasteiger partial charge in [0.25, 0.3) is 0 Å². The average Bonchev–Trinajstić information content (AvgIpc) is 2.67. The SMILES string of the molecule is CCn1ncnc1CC(NN)C1CCCCCC1. The Balaban J connectivity index is 1.99. The lowest BCUT2D eigenvalue weighted by Crippen LogP contribution is -2.43. The third-order valence-corrected chi connectivity index (χ3v) is 4.08. The maximum absolute atomic E-state index is 5.76. The highest BCUT2D eigenvalue weighted by Gasteiger charge is 2.23. The molecule has 1 unspecified atom stereocenters. The Bertz CT molecular complexity index is 341. The van der Waals surface area contributed by atoms with E-state index in [0.717, 1.165) is 18.8 Å². The predicted molar refractivity (Wildman–Crippen MR) is 71.7 cm³/mol. The smallest absolute Gasteiger partial charge is 0.138 e. The van der Waals surface area contributed by atoms with Gasteiger partial charge in [0.1, 0.15) is 12.2 Å². The number of hydrogen-bond acceptors (Lipinski definition) is 4. The van der Waals surface area contributed by atoms with Crippen molar-refractivity contribution in [1.82, 2.24) is 20.2 Å². The molecule has 5 heteroatoms. The van der Waals surface area contributed by atoms with Gasteiger partial charge in [-0.15, -0.1) is 0 Å². The van der Waals surface area contributed by atoms with Gasteiger partial charge in [-0.3, -0.25) is 16.0 Å². The van der Waals surface area contributed by atoms with E-state index in [-0.39, 0.29) is 0 Å². The lowest BCUT2D eigenvalue weighted by Gasteiger charge is -2.25. The molecule has 0 saturated heterocycles. The monoisotopic (exact) mass is 251 g/mol. The number of hydrazine groups is 1. The van der Waals surface area contributed by atoms with Crippen molar-refractivity contribution >= 4 is 0 Å². The Morgan fingerprint density at radius 3 is 2.72 bits per heavy atom. The van der Waals surface area contributed by atoms with Gasteiger partial charge < -0.3 is 0 Å². The molecule has 5 nitrogen and oxygen atoms in total. The summed E-state index contributed by atoms with van der Waals surface area (Å²) in [5.74, 6) is 7.48. The fourth-order valence-electron chi connectivity index (χ4n) is 2.98. The maximum atomic E-state index is 5.76. The minimum atomic E-state index is 0.331. The van der Waals surface area contributed by atoms with Gasteiger partial charge in [-0.25, -0.2) is 4.98 Å². The maximum Gasteiger partial charge on any atom is 0.138 e. The van der Waals surface area contributed by atoms with Gasteiger partial charge >= 0.3 is 0 Å². The molecule has 3 N–H and O–H groups in total. The standard InChI is InChI=1S/C13H25N5/c1-2-18-13(15-10-16-18)9-12(17-14)11-7-5-3-4-6-8-11/h10-12,17H,2-9,14H2,1H3. The number of aromatic nitrogens is 3. The van der Waals surface area contributed by atoms with Crippen molar-refractivity contribution in [3.8, 4) is 0 Å². The van der Waals surface area contributed by atoms with Crippen molar-refractivity contribution in [2.75, 3.05) is 0 Å². The van der Waals surface area contributed by atoms with Gasteiger partial charge in [-0.2, -0.15) is 5.10 Å². The Labute approximate surface area is 109 Å². The molecule has 1 fully saturated rings. The highest BCUT2D eigenvalue weighted by atomic mass is 15.3. The summed E-state index contributed by atoms with van der Waals surface area (Å²) in [5.41, 5.74) is 3.01. The van der Waals surface area contributed by atoms with Gasteiger partial charge in [0.2, 0.25) is 0 Å². The highest BCUT2D eigenvalue weighted by molar-refractivity contribution is 4.92. The fourth-order valence-corrected chi connectivity index (χ4v) is 2.98. The van der Waals surface area contributed by atoms with Gasteiger partial charge in [-0.05, 0) is 25.7 Å². The van der Waals surface area contributed by atoms with Crippen LogP contribution in [-0.2, 0) is 13.0 Å². The Morgan fingerprint density at radius 2 is 2.11 bits per heavy atom. The molecule has 0 bridgehead atoms. The van der Waals surface area contributed by atoms with Crippen molar-refractivity contribution in [1.29, 1.82) is 0 Å². The van der Waals surface area contributed by atoms with Crippen LogP contribution in [-0.4, -0.2) is 20.8 Å². The Kier molecular flexibility index (Phi) is 5.13. The summed E-state index contributed by atoms with van der Waals surface area (Å²) in [5, 5.41) is 4.22. The lowest BCUT2D eigenvalue weighted by molar-refractivity contribution is 0.313. The van der Waals surface area contributed by atoms with Crippen LogP contribution in [0.1, 0.15) is 51.3 Å². The topological polar surface area (TPSA) is 68.8 Å². The molecule has 1 aliphatic carbocycles. The van der Waals surface area contributed by atoms with Crippen LogP contribution in [0.5, 0.6) is 0 Å². The normalized spacial score (nSPS) is 19.7. The van der Waals surface area contributed by atoms with E-state index in [9.17, 15) is 0 Å². The van der Waals surface area contributed by atoms with Crippen LogP contribution in [0.3, 0.4) is 0 Å². The summed E-state index contributed by atoms with van der Waals surface area (Å²) in [6.07, 6.45) is 10.5. The third kappa shape index (κ3) is 3.29. The van der Waals surface area contributed by atoms with E-state index in [0.29, 0.717) is 12.0 Å². The zero-order chi connectivity index (χ0) is 12.8. The van der Waals surface area contributed by atoms with Crippen molar-refractivity contribution in [2.45, 2.75) is 64.5 Å². The van der Waals surface area contributed by atoms with E-state index in [4.69, 9.17) is 5.84 Å². The molecule has 0 amide bonds. The second-order valence-corrected chi connectivity index (χ2v) is 5.22. The summed E-state index contributed by atoms with van der Waals surface area (Å²) >= 11 is 0. The second kappa shape index (κ2) is 6.85. The van der Waals surface area contributed by atoms with Crippen LogP contribution in [0.4, 0.5) is 0 Å². The Hall–Kier alpha value is -0.940. The second-order valence-electron chi connectivity index (χ2n) is 5.22. The minimum absolute atomic E-state index is 0.331. The zero-order valence-corrected chi connectivity index (χ0v) is 11.3. The third-order valence-electron chi connectivity index (χ3n) is 4.08. The van der Waals surface area contributed by atoms with Gasteiger partial charge in [0, 0.05) is 19.0 Å². The van der Waals surface area contributed by atoms with Crippen LogP contribution in [0.2, 0.25) is 0 Å². The largest absolute Gasteiger partial charge is 0.271 e. The number of nitrogens with two attached hydrogens (primary N) is 1. The van der Waals surface area contributed by atoms with E-state index in [1.165, 1.54) is 38.5 Å². The predicted octanol–water partition coefficient (Wildman–Crippen LogP) is 1.64. The first-order valence-electron chi connectivity index (χ1n) is 7.18. The number of rotatable bonds is 5. The molecule has 18 heavy (non-hydrogen) atoms. The van der Waals surface area contributed by atoms with Gasteiger partial charge in [0.15, 0.2) is 0 Å². The molecule has 102 valence electrons. The van der Waals surface area contributed by atoms with Crippen molar-refractivity contribution in [3.05, 3.63) is 12.2 Å². The van der Waals surface area contributed by atoms with Gasteiger partial charge in [0.05, 0.1) is 0 Å². The minimum Gasteiger partial charge on any atom is -0.271 e. The number of hydrogen-bond donors (Lipinski definition) is 2. The molecule has 1 saturated carbocycles. The zero-order valence-electron chi connectivity index (χ0n) is 11.3. The molecular weight excluding hydrogens is 226 g/mol. The van der Waals surface area contributed by atoms with E-state index < -0.39 is 0 Å². The van der Waals surface area contributed by atoms with Crippen LogP contribution in [0.15, 0.2) is 6.33 Å². The van der Waals surface area contributed by atoms with E-state index in [1.807, 2.05) is 4.68 Å². The van der Waals surface area contributed by atoms with Crippen molar-refractivity contribution in [2.24, 2.45) is 11.8 Å². The van der Waals surface area contributed by atoms with Crippen molar-refractivity contribution in [3.63, 3.8) is 0 Å². The first kappa shape index (κ1) is 13.5. The van der Waals surface area contributed by atoms with E-state index in [1.54, 1.807) is 6.33 Å². The number of nitrogens with zero attached hydrogens (tertiary/aromatic N) is 3. The highest BCUT2D eigenvalue weighted by Crippen LogP contribution is 2.26. The summed E-state index contributed by atoms with van der Waals surface area (Å²) < 4.78 is 1.96. The summed E-state index contributed by atoms with van der Waals surface area (Å²) in [4.78, 5) is 4.35. The quantitative estimate of drug-likeness (QED) is 0.474. The molecule has 1 aliphatic rings. The van der Waals surface area contributed by atoms with Gasteiger partial charge in [-0.1, -0.05) is 25.7 Å². The number of nitrogens with one attached hydrogen (secondary N) is 1.